The van der Waals surface area contributed by atoms with Crippen LogP contribution < -0.4 is 5.56 Å². The fraction of sp³-hybridized carbons (Fsp3) is 0. The van der Waals surface area contributed by atoms with Crippen molar-refractivity contribution in [2.45, 2.75) is 0 Å². The van der Waals surface area contributed by atoms with Crippen LogP contribution >= 0.6 is 38.6 Å². The Bertz CT molecular complexity index is 1060. The Kier molecular flexibility index (Phi) is 3.72. The van der Waals surface area contributed by atoms with Gasteiger partial charge in [0.25, 0.3) is 5.56 Å². The van der Waals surface area contributed by atoms with Crippen molar-refractivity contribution in [3.63, 3.8) is 0 Å². The van der Waals surface area contributed by atoms with E-state index in [1.165, 1.54) is 33.7 Å². The summed E-state index contributed by atoms with van der Waals surface area (Å²) in [5.41, 5.74) is 0.533. The SMILES string of the molecule is O=c1c2c(-c3ccco3)csc2ncn1/N=C\c1cc(Br)cs1. The molecule has 4 rings (SSSR count). The van der Waals surface area contributed by atoms with Crippen molar-refractivity contribution >= 4 is 55.0 Å². The predicted octanol–water partition coefficient (Wildman–Crippen LogP) is 4.42. The maximum Gasteiger partial charge on any atom is 0.283 e. The highest BCUT2D eigenvalue weighted by Gasteiger charge is 2.14. The molecule has 0 saturated carbocycles. The van der Waals surface area contributed by atoms with E-state index in [-0.39, 0.29) is 5.56 Å². The van der Waals surface area contributed by atoms with Gasteiger partial charge in [-0.15, -0.1) is 22.7 Å². The summed E-state index contributed by atoms with van der Waals surface area (Å²) in [5, 5.41) is 8.58. The minimum Gasteiger partial charge on any atom is -0.464 e. The molecule has 0 bridgehead atoms. The van der Waals surface area contributed by atoms with Crippen LogP contribution in [0, 0.1) is 0 Å². The van der Waals surface area contributed by atoms with Crippen molar-refractivity contribution in [3.05, 3.63) is 61.3 Å². The fourth-order valence-corrected chi connectivity index (χ4v) is 4.32. The van der Waals surface area contributed by atoms with Crippen molar-refractivity contribution in [1.29, 1.82) is 0 Å². The predicted molar refractivity (Wildman–Crippen MR) is 96.6 cm³/mol. The van der Waals surface area contributed by atoms with Crippen LogP contribution in [0.25, 0.3) is 21.5 Å². The van der Waals surface area contributed by atoms with Crippen LogP contribution in [0.1, 0.15) is 4.88 Å². The molecule has 4 aromatic rings. The van der Waals surface area contributed by atoms with Crippen LogP contribution in [0.4, 0.5) is 0 Å². The monoisotopic (exact) mass is 405 g/mol. The highest BCUT2D eigenvalue weighted by Crippen LogP contribution is 2.30. The Morgan fingerprint density at radius 2 is 2.26 bits per heavy atom. The highest BCUT2D eigenvalue weighted by molar-refractivity contribution is 9.10. The third-order valence-corrected chi connectivity index (χ3v) is 5.68. The number of hydrogen-bond acceptors (Lipinski definition) is 6. The largest absolute Gasteiger partial charge is 0.464 e. The van der Waals surface area contributed by atoms with Crippen LogP contribution in [0.3, 0.4) is 0 Å². The molecule has 8 heteroatoms. The zero-order chi connectivity index (χ0) is 15.8. The molecular weight excluding hydrogens is 398 g/mol. The second-order valence-electron chi connectivity index (χ2n) is 4.61. The molecule has 0 fully saturated rings. The smallest absolute Gasteiger partial charge is 0.283 e. The van der Waals surface area contributed by atoms with Gasteiger partial charge < -0.3 is 4.42 Å². The van der Waals surface area contributed by atoms with E-state index in [2.05, 4.69) is 26.0 Å². The number of fused-ring (bicyclic) bond motifs is 1. The molecule has 0 amide bonds. The van der Waals surface area contributed by atoms with E-state index in [1.807, 2.05) is 22.9 Å². The number of nitrogens with zero attached hydrogens (tertiary/aromatic N) is 3. The summed E-state index contributed by atoms with van der Waals surface area (Å²) >= 11 is 6.34. The average molecular weight is 406 g/mol. The van der Waals surface area contributed by atoms with Crippen LogP contribution in [0.5, 0.6) is 0 Å². The summed E-state index contributed by atoms with van der Waals surface area (Å²) in [4.78, 5) is 18.6. The first-order chi connectivity index (χ1) is 11.2. The zero-order valence-electron chi connectivity index (χ0n) is 11.5. The minimum atomic E-state index is -0.213. The molecule has 0 radical (unpaired) electrons. The third kappa shape index (κ3) is 2.69. The Balaban J connectivity index is 1.83. The van der Waals surface area contributed by atoms with Gasteiger partial charge in [0.05, 0.1) is 17.9 Å². The number of rotatable bonds is 3. The summed E-state index contributed by atoms with van der Waals surface area (Å²) in [6, 6.07) is 5.55. The molecule has 0 aliphatic rings. The van der Waals surface area contributed by atoms with Gasteiger partial charge >= 0.3 is 0 Å². The molecule has 5 nitrogen and oxygen atoms in total. The lowest BCUT2D eigenvalue weighted by molar-refractivity contribution is 0.583. The lowest BCUT2D eigenvalue weighted by atomic mass is 10.2. The molecule has 4 heterocycles. The first kappa shape index (κ1) is 14.6. The van der Waals surface area contributed by atoms with Gasteiger partial charge in [-0.25, -0.2) is 4.98 Å². The van der Waals surface area contributed by atoms with E-state index in [1.54, 1.807) is 18.5 Å². The third-order valence-electron chi connectivity index (χ3n) is 3.16. The Hall–Kier alpha value is -2.03. The summed E-state index contributed by atoms with van der Waals surface area (Å²) in [5.74, 6) is 0.652. The van der Waals surface area contributed by atoms with Gasteiger partial charge in [0.15, 0.2) is 0 Å². The van der Waals surface area contributed by atoms with Crippen molar-refractivity contribution < 1.29 is 4.42 Å². The van der Waals surface area contributed by atoms with Crippen LogP contribution in [-0.2, 0) is 0 Å². The molecule has 0 spiro atoms. The standard InChI is InChI=1S/C15H8BrN3O2S2/c16-9-4-10(22-6-9)5-18-19-8-17-14-13(15(19)20)11(7-23-14)12-2-1-3-21-12/h1-8H/b18-5-. The second kappa shape index (κ2) is 5.88. The van der Waals surface area contributed by atoms with Gasteiger partial charge in [-0.05, 0) is 34.1 Å². The molecular formula is C15H8BrN3O2S2. The molecule has 0 aliphatic carbocycles. The van der Waals surface area contributed by atoms with Gasteiger partial charge in [0.2, 0.25) is 0 Å². The lowest BCUT2D eigenvalue weighted by Gasteiger charge is -1.98. The van der Waals surface area contributed by atoms with Crippen LogP contribution in [0.15, 0.2) is 60.3 Å². The maximum absolute atomic E-state index is 12.7. The first-order valence-electron chi connectivity index (χ1n) is 6.53. The van der Waals surface area contributed by atoms with Gasteiger partial charge in [0, 0.05) is 25.7 Å². The normalized spacial score (nSPS) is 11.7. The second-order valence-corrected chi connectivity index (χ2v) is 7.33. The minimum absolute atomic E-state index is 0.213. The Morgan fingerprint density at radius 1 is 1.35 bits per heavy atom. The van der Waals surface area contributed by atoms with Gasteiger partial charge in [-0.2, -0.15) is 9.78 Å². The maximum atomic E-state index is 12.7. The van der Waals surface area contributed by atoms with E-state index in [4.69, 9.17) is 4.42 Å². The van der Waals surface area contributed by atoms with Gasteiger partial charge in [-0.3, -0.25) is 4.79 Å². The fourth-order valence-electron chi connectivity index (χ4n) is 2.13. The van der Waals surface area contributed by atoms with Crippen molar-refractivity contribution in [1.82, 2.24) is 9.66 Å². The molecule has 4 aromatic heterocycles. The Morgan fingerprint density at radius 3 is 3.00 bits per heavy atom. The summed E-state index contributed by atoms with van der Waals surface area (Å²) in [6.07, 6.45) is 4.66. The van der Waals surface area contributed by atoms with Crippen molar-refractivity contribution in [2.75, 3.05) is 0 Å². The number of thiophene rings is 2. The molecule has 0 aromatic carbocycles. The average Bonchev–Trinajstić information content (AvgIpc) is 3.26. The molecule has 23 heavy (non-hydrogen) atoms. The Labute approximate surface area is 146 Å². The van der Waals surface area contributed by atoms with Crippen LogP contribution in [0.2, 0.25) is 0 Å². The zero-order valence-corrected chi connectivity index (χ0v) is 14.7. The van der Waals surface area contributed by atoms with Gasteiger partial charge in [-0.1, -0.05) is 0 Å². The molecule has 0 atom stereocenters. The molecule has 0 saturated heterocycles. The quantitative estimate of drug-likeness (QED) is 0.473. The number of furan rings is 1. The molecule has 0 aliphatic heterocycles. The van der Waals surface area contributed by atoms with Crippen molar-refractivity contribution in [2.24, 2.45) is 5.10 Å². The van der Waals surface area contributed by atoms with Crippen molar-refractivity contribution in [3.8, 4) is 11.3 Å². The number of halogens is 1. The van der Waals surface area contributed by atoms with E-state index < -0.39 is 0 Å². The first-order valence-corrected chi connectivity index (χ1v) is 9.09. The summed E-state index contributed by atoms with van der Waals surface area (Å²) < 4.78 is 7.64. The summed E-state index contributed by atoms with van der Waals surface area (Å²) in [6.45, 7) is 0. The van der Waals surface area contributed by atoms with E-state index in [9.17, 15) is 4.79 Å². The van der Waals surface area contributed by atoms with E-state index >= 15 is 0 Å². The van der Waals surface area contributed by atoms with E-state index in [0.29, 0.717) is 16.0 Å². The van der Waals surface area contributed by atoms with E-state index in [0.717, 1.165) is 14.9 Å². The van der Waals surface area contributed by atoms with Gasteiger partial charge in [0.1, 0.15) is 16.9 Å². The van der Waals surface area contributed by atoms with Crippen LogP contribution in [-0.4, -0.2) is 15.9 Å². The lowest BCUT2D eigenvalue weighted by Crippen LogP contribution is -2.16. The molecule has 114 valence electrons. The topological polar surface area (TPSA) is 60.4 Å². The molecule has 0 N–H and O–H groups in total. The highest BCUT2D eigenvalue weighted by atomic mass is 79.9. The molecule has 0 unspecified atom stereocenters. The number of aromatic nitrogens is 2. The summed E-state index contributed by atoms with van der Waals surface area (Å²) in [7, 11) is 0. The number of hydrogen-bond donors (Lipinski definition) is 0.